The second-order valence-corrected chi connectivity index (χ2v) is 9.95. The summed E-state index contributed by atoms with van der Waals surface area (Å²) in [4.78, 5) is 2.79. The lowest BCUT2D eigenvalue weighted by Crippen LogP contribution is -2.55. The zero-order valence-electron chi connectivity index (χ0n) is 15.7. The molecule has 3 rings (SSSR count). The molecule has 3 saturated heterocycles. The fourth-order valence-corrected chi connectivity index (χ4v) is 5.84. The molecule has 6 atom stereocenters. The zero-order chi connectivity index (χ0) is 16.3. The maximum Gasteiger partial charge on any atom is 0.0650 e. The van der Waals surface area contributed by atoms with Gasteiger partial charge in [-0.2, -0.15) is 0 Å². The first-order valence-corrected chi connectivity index (χ1v) is 9.41. The van der Waals surface area contributed by atoms with Gasteiger partial charge < -0.3 is 5.32 Å². The van der Waals surface area contributed by atoms with Gasteiger partial charge in [0.25, 0.3) is 0 Å². The van der Waals surface area contributed by atoms with E-state index in [1.165, 1.54) is 19.4 Å². The summed E-state index contributed by atoms with van der Waals surface area (Å²) in [6.45, 7) is 19.4. The summed E-state index contributed by atoms with van der Waals surface area (Å²) >= 11 is 0. The first-order valence-electron chi connectivity index (χ1n) is 9.41. The number of nitrogens with one attached hydrogen (secondary N) is 2. The third-order valence-electron chi connectivity index (χ3n) is 6.39. The smallest absolute Gasteiger partial charge is 0.0650 e. The van der Waals surface area contributed by atoms with Gasteiger partial charge in [0.1, 0.15) is 0 Å². The van der Waals surface area contributed by atoms with E-state index in [1.807, 2.05) is 0 Å². The topological polar surface area (TPSA) is 27.3 Å². The molecule has 3 heterocycles. The monoisotopic (exact) mass is 307 g/mol. The van der Waals surface area contributed by atoms with Crippen molar-refractivity contribution in [3.8, 4) is 0 Å². The normalized spacial score (nSPS) is 43.2. The summed E-state index contributed by atoms with van der Waals surface area (Å²) in [6, 6.07) is 2.01. The highest BCUT2D eigenvalue weighted by Gasteiger charge is 2.62. The lowest BCUT2D eigenvalue weighted by Gasteiger charge is -2.46. The predicted molar refractivity (Wildman–Crippen MR) is 93.8 cm³/mol. The number of likely N-dealkylation sites (tertiary alicyclic amines) is 1. The Morgan fingerprint density at radius 2 is 1.73 bits per heavy atom. The molecular formula is C19H37N3. The maximum absolute atomic E-state index is 4.02. The number of hydrogen-bond acceptors (Lipinski definition) is 3. The summed E-state index contributed by atoms with van der Waals surface area (Å²) in [5, 5.41) is 7.91. The van der Waals surface area contributed by atoms with Crippen LogP contribution in [0.3, 0.4) is 0 Å². The summed E-state index contributed by atoms with van der Waals surface area (Å²) in [6.07, 6.45) is 3.24. The Hall–Kier alpha value is -0.120. The summed E-state index contributed by atoms with van der Waals surface area (Å²) in [5.74, 6) is 1.49. The molecule has 2 N–H and O–H groups in total. The molecule has 6 unspecified atom stereocenters. The van der Waals surface area contributed by atoms with Gasteiger partial charge in [-0.15, -0.1) is 0 Å². The molecule has 0 aromatic heterocycles. The van der Waals surface area contributed by atoms with Gasteiger partial charge in [0.15, 0.2) is 0 Å². The number of piperidine rings is 1. The summed E-state index contributed by atoms with van der Waals surface area (Å²) in [7, 11) is 0. The van der Waals surface area contributed by atoms with Crippen LogP contribution in [0.2, 0.25) is 0 Å². The third kappa shape index (κ3) is 2.53. The maximum atomic E-state index is 4.02. The van der Waals surface area contributed by atoms with Crippen molar-refractivity contribution < 1.29 is 0 Å². The summed E-state index contributed by atoms with van der Waals surface area (Å²) in [5.41, 5.74) is 0.671. The molecule has 0 aromatic rings. The predicted octanol–water partition coefficient (Wildman–Crippen LogP) is 3.07. The second-order valence-electron chi connectivity index (χ2n) is 9.95. The molecule has 0 aliphatic carbocycles. The van der Waals surface area contributed by atoms with E-state index < -0.39 is 0 Å². The molecule has 3 nitrogen and oxygen atoms in total. The standard InChI is InChI=1S/C19H37N3/c1-8-22-16(19(5,6)7)14(18(2,3)4)13-15-12(21-17(13)22)10-9-11-20-15/h12-17,20-21H,8-11H2,1-7H3. The van der Waals surface area contributed by atoms with Crippen molar-refractivity contribution in [3.63, 3.8) is 0 Å². The van der Waals surface area contributed by atoms with E-state index in [-0.39, 0.29) is 0 Å². The lowest BCUT2D eigenvalue weighted by molar-refractivity contribution is 0.0373. The number of fused-ring (bicyclic) bond motifs is 3. The minimum atomic E-state index is 0.324. The van der Waals surface area contributed by atoms with Crippen LogP contribution in [0, 0.1) is 22.7 Å². The second kappa shape index (κ2) is 5.46. The van der Waals surface area contributed by atoms with E-state index in [1.54, 1.807) is 0 Å². The molecule has 22 heavy (non-hydrogen) atoms. The van der Waals surface area contributed by atoms with Crippen molar-refractivity contribution in [2.75, 3.05) is 13.1 Å². The van der Waals surface area contributed by atoms with Gasteiger partial charge in [-0.3, -0.25) is 10.2 Å². The molecule has 128 valence electrons. The van der Waals surface area contributed by atoms with Gasteiger partial charge in [0, 0.05) is 24.0 Å². The Balaban J connectivity index is 2.01. The first kappa shape index (κ1) is 16.7. The molecule has 3 aliphatic rings. The van der Waals surface area contributed by atoms with E-state index in [2.05, 4.69) is 64.0 Å². The van der Waals surface area contributed by atoms with Crippen LogP contribution < -0.4 is 10.6 Å². The van der Waals surface area contributed by atoms with Crippen LogP contribution in [0.5, 0.6) is 0 Å². The highest BCUT2D eigenvalue weighted by atomic mass is 15.4. The molecule has 0 saturated carbocycles. The van der Waals surface area contributed by atoms with Crippen molar-refractivity contribution in [1.29, 1.82) is 0 Å². The van der Waals surface area contributed by atoms with Crippen LogP contribution in [-0.2, 0) is 0 Å². The Labute approximate surface area is 137 Å². The Morgan fingerprint density at radius 3 is 2.27 bits per heavy atom. The molecule has 0 bridgehead atoms. The van der Waals surface area contributed by atoms with Gasteiger partial charge in [0.05, 0.1) is 6.17 Å². The van der Waals surface area contributed by atoms with Gasteiger partial charge in [-0.1, -0.05) is 48.5 Å². The van der Waals surface area contributed by atoms with E-state index in [0.717, 1.165) is 18.4 Å². The van der Waals surface area contributed by atoms with E-state index in [9.17, 15) is 0 Å². The Kier molecular flexibility index (Phi) is 4.15. The summed E-state index contributed by atoms with van der Waals surface area (Å²) < 4.78 is 0. The molecule has 3 heteroatoms. The molecule has 0 aromatic carbocycles. The highest BCUT2D eigenvalue weighted by molar-refractivity contribution is 5.15. The van der Waals surface area contributed by atoms with Crippen LogP contribution in [-0.4, -0.2) is 42.3 Å². The molecular weight excluding hydrogens is 270 g/mol. The molecule has 0 spiro atoms. The Morgan fingerprint density at radius 1 is 1.05 bits per heavy atom. The Bertz CT molecular complexity index is 406. The minimum Gasteiger partial charge on any atom is -0.312 e. The van der Waals surface area contributed by atoms with Crippen molar-refractivity contribution in [2.24, 2.45) is 22.7 Å². The van der Waals surface area contributed by atoms with Crippen LogP contribution in [0.1, 0.15) is 61.3 Å². The SMILES string of the molecule is CCN1C2NC3CCCNC3C2C(C(C)(C)C)C1C(C)(C)C. The fraction of sp³-hybridized carbons (Fsp3) is 1.00. The van der Waals surface area contributed by atoms with E-state index in [4.69, 9.17) is 0 Å². The molecule has 0 radical (unpaired) electrons. The fourth-order valence-electron chi connectivity index (χ4n) is 5.84. The number of rotatable bonds is 1. The van der Waals surface area contributed by atoms with Gasteiger partial charge in [-0.05, 0) is 42.7 Å². The zero-order valence-corrected chi connectivity index (χ0v) is 15.7. The average molecular weight is 308 g/mol. The molecule has 3 fully saturated rings. The third-order valence-corrected chi connectivity index (χ3v) is 6.39. The quantitative estimate of drug-likeness (QED) is 0.779. The van der Waals surface area contributed by atoms with Gasteiger partial charge in [0.2, 0.25) is 0 Å². The highest BCUT2D eigenvalue weighted by Crippen LogP contribution is 2.54. The lowest BCUT2D eigenvalue weighted by atomic mass is 9.63. The van der Waals surface area contributed by atoms with E-state index >= 15 is 0 Å². The number of hydrogen-bond donors (Lipinski definition) is 2. The minimum absolute atomic E-state index is 0.324. The van der Waals surface area contributed by atoms with Crippen molar-refractivity contribution in [1.82, 2.24) is 15.5 Å². The average Bonchev–Trinajstić information content (AvgIpc) is 2.90. The molecule has 3 aliphatic heterocycles. The van der Waals surface area contributed by atoms with Crippen molar-refractivity contribution >= 4 is 0 Å². The van der Waals surface area contributed by atoms with Gasteiger partial charge >= 0.3 is 0 Å². The largest absolute Gasteiger partial charge is 0.312 e. The first-order chi connectivity index (χ1) is 10.2. The van der Waals surface area contributed by atoms with Crippen molar-refractivity contribution in [2.45, 2.75) is 85.6 Å². The van der Waals surface area contributed by atoms with E-state index in [0.29, 0.717) is 35.1 Å². The number of nitrogens with zero attached hydrogens (tertiary/aromatic N) is 1. The van der Waals surface area contributed by atoms with Gasteiger partial charge in [-0.25, -0.2) is 0 Å². The molecule has 0 amide bonds. The van der Waals surface area contributed by atoms with Crippen LogP contribution in [0.25, 0.3) is 0 Å². The van der Waals surface area contributed by atoms with Crippen molar-refractivity contribution in [3.05, 3.63) is 0 Å². The van der Waals surface area contributed by atoms with Crippen LogP contribution >= 0.6 is 0 Å². The van der Waals surface area contributed by atoms with Crippen LogP contribution in [0.15, 0.2) is 0 Å². The van der Waals surface area contributed by atoms with Crippen LogP contribution in [0.4, 0.5) is 0 Å².